The molecule has 0 aliphatic carbocycles. The number of anilines is 2. The normalized spacial score (nSPS) is 12.9. The van der Waals surface area contributed by atoms with Crippen LogP contribution in [0.25, 0.3) is 5.69 Å². The summed E-state index contributed by atoms with van der Waals surface area (Å²) in [5, 5.41) is 13.1. The van der Waals surface area contributed by atoms with Crippen LogP contribution in [0, 0.1) is 11.7 Å². The van der Waals surface area contributed by atoms with Gasteiger partial charge in [-0.15, -0.1) is 0 Å². The summed E-state index contributed by atoms with van der Waals surface area (Å²) >= 11 is 5.27. The summed E-state index contributed by atoms with van der Waals surface area (Å²) in [6.07, 6.45) is 4.24. The van der Waals surface area contributed by atoms with E-state index < -0.39 is 12.0 Å². The lowest BCUT2D eigenvalue weighted by molar-refractivity contribution is -0.138. The highest BCUT2D eigenvalue weighted by Crippen LogP contribution is 2.24. The number of imidazole rings is 1. The van der Waals surface area contributed by atoms with Gasteiger partial charge in [-0.2, -0.15) is 0 Å². The second-order valence-corrected chi connectivity index (χ2v) is 7.39. The molecule has 3 aromatic rings. The van der Waals surface area contributed by atoms with Crippen molar-refractivity contribution in [3.8, 4) is 5.69 Å². The van der Waals surface area contributed by atoms with Crippen molar-refractivity contribution < 1.29 is 9.90 Å². The van der Waals surface area contributed by atoms with Gasteiger partial charge in [-0.3, -0.25) is 4.57 Å². The molecule has 0 aliphatic heterocycles. The SMILES string of the molecule is CCC(Nc1ccc(-n2cc[nH]c2=S)cc1)N(c1ccc(C)cc1)C(C)C(=O)O. The predicted octanol–water partition coefficient (Wildman–Crippen LogP) is 4.97. The molecule has 7 heteroatoms. The Kier molecular flexibility index (Phi) is 6.39. The van der Waals surface area contributed by atoms with Crippen molar-refractivity contribution in [3.05, 3.63) is 71.3 Å². The average molecular weight is 411 g/mol. The van der Waals surface area contributed by atoms with Gasteiger partial charge in [-0.1, -0.05) is 24.6 Å². The van der Waals surface area contributed by atoms with Crippen molar-refractivity contribution in [2.45, 2.75) is 39.4 Å². The van der Waals surface area contributed by atoms with E-state index in [1.165, 1.54) is 0 Å². The van der Waals surface area contributed by atoms with E-state index in [0.29, 0.717) is 4.77 Å². The van der Waals surface area contributed by atoms with Gasteiger partial charge in [0.2, 0.25) is 0 Å². The molecule has 0 fully saturated rings. The molecule has 3 N–H and O–H groups in total. The third kappa shape index (κ3) is 4.68. The van der Waals surface area contributed by atoms with E-state index in [-0.39, 0.29) is 6.17 Å². The van der Waals surface area contributed by atoms with E-state index in [0.717, 1.165) is 29.0 Å². The van der Waals surface area contributed by atoms with Crippen LogP contribution in [-0.4, -0.2) is 32.8 Å². The fraction of sp³-hybridized carbons (Fsp3) is 0.273. The molecule has 29 heavy (non-hydrogen) atoms. The van der Waals surface area contributed by atoms with Gasteiger partial charge in [0, 0.05) is 29.5 Å². The van der Waals surface area contributed by atoms with Crippen LogP contribution in [0.2, 0.25) is 0 Å². The van der Waals surface area contributed by atoms with E-state index in [1.807, 2.05) is 78.0 Å². The van der Waals surface area contributed by atoms with Crippen LogP contribution < -0.4 is 10.2 Å². The molecule has 6 nitrogen and oxygen atoms in total. The van der Waals surface area contributed by atoms with Crippen molar-refractivity contribution in [2.24, 2.45) is 0 Å². The molecule has 0 spiro atoms. The van der Waals surface area contributed by atoms with Gasteiger partial charge in [0.05, 0.1) is 6.17 Å². The van der Waals surface area contributed by atoms with Gasteiger partial charge in [-0.25, -0.2) is 4.79 Å². The molecule has 0 amide bonds. The minimum absolute atomic E-state index is 0.177. The number of benzene rings is 2. The van der Waals surface area contributed by atoms with Gasteiger partial charge in [0.25, 0.3) is 0 Å². The van der Waals surface area contributed by atoms with Gasteiger partial charge in [0.1, 0.15) is 6.04 Å². The summed E-state index contributed by atoms with van der Waals surface area (Å²) in [4.78, 5) is 16.7. The summed E-state index contributed by atoms with van der Waals surface area (Å²) in [6, 6.07) is 15.2. The molecule has 0 bridgehead atoms. The van der Waals surface area contributed by atoms with Gasteiger partial charge >= 0.3 is 5.97 Å². The number of aliphatic carboxylic acids is 1. The molecule has 1 aromatic heterocycles. The minimum atomic E-state index is -0.858. The number of nitrogens with one attached hydrogen (secondary N) is 2. The van der Waals surface area contributed by atoms with Crippen LogP contribution in [0.3, 0.4) is 0 Å². The fourth-order valence-electron chi connectivity index (χ4n) is 3.31. The highest BCUT2D eigenvalue weighted by Gasteiger charge is 2.27. The highest BCUT2D eigenvalue weighted by atomic mass is 32.1. The van der Waals surface area contributed by atoms with E-state index in [2.05, 4.69) is 10.3 Å². The number of H-pyrrole nitrogens is 1. The molecule has 2 atom stereocenters. The molecule has 152 valence electrons. The molecule has 2 unspecified atom stereocenters. The second kappa shape index (κ2) is 8.96. The number of rotatable bonds is 8. The first-order chi connectivity index (χ1) is 13.9. The largest absolute Gasteiger partial charge is 0.480 e. The Labute approximate surface area is 175 Å². The summed E-state index contributed by atoms with van der Waals surface area (Å²) in [5.41, 5.74) is 3.89. The number of hydrogen-bond donors (Lipinski definition) is 3. The van der Waals surface area contributed by atoms with Crippen LogP contribution in [0.5, 0.6) is 0 Å². The molecular formula is C22H26N4O2S. The smallest absolute Gasteiger partial charge is 0.326 e. The number of aryl methyl sites for hydroxylation is 1. The van der Waals surface area contributed by atoms with Crippen molar-refractivity contribution >= 4 is 29.6 Å². The topological polar surface area (TPSA) is 73.3 Å². The maximum absolute atomic E-state index is 11.8. The number of aromatic nitrogens is 2. The molecule has 1 heterocycles. The van der Waals surface area contributed by atoms with Crippen LogP contribution in [-0.2, 0) is 4.79 Å². The maximum Gasteiger partial charge on any atom is 0.326 e. The zero-order valence-electron chi connectivity index (χ0n) is 16.8. The first kappa shape index (κ1) is 20.7. The summed E-state index contributed by atoms with van der Waals surface area (Å²) in [5.74, 6) is -0.858. The number of carboxylic acid groups (broad SMARTS) is 1. The third-order valence-electron chi connectivity index (χ3n) is 4.96. The Bertz CT molecular complexity index is 1010. The van der Waals surface area contributed by atoms with Crippen molar-refractivity contribution in [3.63, 3.8) is 0 Å². The Morgan fingerprint density at radius 1 is 1.21 bits per heavy atom. The van der Waals surface area contributed by atoms with E-state index in [4.69, 9.17) is 12.2 Å². The number of nitrogens with zero attached hydrogens (tertiary/aromatic N) is 2. The van der Waals surface area contributed by atoms with Crippen LogP contribution in [0.15, 0.2) is 60.9 Å². The molecule has 2 aromatic carbocycles. The molecule has 0 radical (unpaired) electrons. The van der Waals surface area contributed by atoms with Crippen LogP contribution in [0.4, 0.5) is 11.4 Å². The Morgan fingerprint density at radius 2 is 1.86 bits per heavy atom. The monoisotopic (exact) mass is 410 g/mol. The zero-order valence-corrected chi connectivity index (χ0v) is 17.6. The van der Waals surface area contributed by atoms with Gasteiger partial charge in [0.15, 0.2) is 4.77 Å². The summed E-state index contributed by atoms with van der Waals surface area (Å²) in [6.45, 7) is 5.77. The summed E-state index contributed by atoms with van der Waals surface area (Å²) < 4.78 is 2.53. The zero-order chi connectivity index (χ0) is 21.0. The Hall–Kier alpha value is -3.06. The van der Waals surface area contributed by atoms with E-state index >= 15 is 0 Å². The maximum atomic E-state index is 11.8. The predicted molar refractivity (Wildman–Crippen MR) is 119 cm³/mol. The first-order valence-electron chi connectivity index (χ1n) is 9.61. The first-order valence-corrected chi connectivity index (χ1v) is 10.0. The quantitative estimate of drug-likeness (QED) is 0.361. The Morgan fingerprint density at radius 3 is 2.38 bits per heavy atom. The second-order valence-electron chi connectivity index (χ2n) is 7.01. The molecule has 0 saturated carbocycles. The van der Waals surface area contributed by atoms with Gasteiger partial charge in [-0.05, 0) is 68.9 Å². The van der Waals surface area contributed by atoms with Crippen molar-refractivity contribution in [1.29, 1.82) is 0 Å². The Balaban J connectivity index is 1.87. The average Bonchev–Trinajstić information content (AvgIpc) is 3.15. The lowest BCUT2D eigenvalue weighted by atomic mass is 10.1. The molecule has 0 saturated heterocycles. The minimum Gasteiger partial charge on any atom is -0.480 e. The summed E-state index contributed by atoms with van der Waals surface area (Å²) in [7, 11) is 0. The fourth-order valence-corrected chi connectivity index (χ4v) is 3.55. The third-order valence-corrected chi connectivity index (χ3v) is 5.27. The highest BCUT2D eigenvalue weighted by molar-refractivity contribution is 7.71. The standard InChI is InChI=1S/C22H26N4O2S/c1-4-20(26(16(3)21(27)28)19-9-5-15(2)6-10-19)24-17-7-11-18(12-8-17)25-14-13-23-22(25)29/h5-14,16,20,24H,4H2,1-3H3,(H,23,29)(H,27,28). The van der Waals surface area contributed by atoms with Gasteiger partial charge < -0.3 is 20.3 Å². The van der Waals surface area contributed by atoms with E-state index in [9.17, 15) is 9.90 Å². The molecular weight excluding hydrogens is 384 g/mol. The number of hydrogen-bond acceptors (Lipinski definition) is 4. The number of carbonyl (C=O) groups is 1. The van der Waals surface area contributed by atoms with Crippen molar-refractivity contribution in [1.82, 2.24) is 9.55 Å². The lowest BCUT2D eigenvalue weighted by Crippen LogP contribution is -2.49. The number of aromatic amines is 1. The lowest BCUT2D eigenvalue weighted by Gasteiger charge is -2.37. The molecule has 3 rings (SSSR count). The molecule has 0 aliphatic rings. The number of carboxylic acids is 1. The van der Waals surface area contributed by atoms with Crippen molar-refractivity contribution in [2.75, 3.05) is 10.2 Å². The van der Waals surface area contributed by atoms with Crippen LogP contribution >= 0.6 is 12.2 Å². The van der Waals surface area contributed by atoms with Crippen LogP contribution in [0.1, 0.15) is 25.8 Å². The van der Waals surface area contributed by atoms with E-state index in [1.54, 1.807) is 13.1 Å².